The second-order valence-electron chi connectivity index (χ2n) is 9.26. The van der Waals surface area contributed by atoms with Crippen LogP contribution in [-0.4, -0.2) is 84.2 Å². The normalized spacial score (nSPS) is 15.8. The third-order valence-electron chi connectivity index (χ3n) is 6.72. The number of carbonyl (C=O) groups is 1. The lowest BCUT2D eigenvalue weighted by Crippen LogP contribution is -2.45. The number of rotatable bonds is 7. The van der Waals surface area contributed by atoms with Crippen LogP contribution in [0, 0.1) is 0 Å². The first-order chi connectivity index (χ1) is 19.1. The molecule has 1 N–H and O–H groups in total. The minimum atomic E-state index is -0.478. The van der Waals surface area contributed by atoms with Crippen LogP contribution in [0.3, 0.4) is 0 Å². The van der Waals surface area contributed by atoms with Crippen LogP contribution in [0.5, 0.6) is 11.5 Å². The van der Waals surface area contributed by atoms with E-state index in [1.54, 1.807) is 29.2 Å². The summed E-state index contributed by atoms with van der Waals surface area (Å²) in [6.07, 6.45) is 6.95. The highest BCUT2D eigenvalue weighted by Gasteiger charge is 2.22. The van der Waals surface area contributed by atoms with E-state index in [0.717, 1.165) is 25.9 Å². The first-order valence-corrected chi connectivity index (χ1v) is 12.7. The maximum Gasteiger partial charge on any atom is 0.407 e. The van der Waals surface area contributed by atoms with Crippen molar-refractivity contribution in [2.24, 2.45) is 0 Å². The van der Waals surface area contributed by atoms with E-state index in [1.165, 1.54) is 17.2 Å². The van der Waals surface area contributed by atoms with Crippen LogP contribution in [-0.2, 0) is 17.9 Å². The molecular weight excluding hydrogens is 506 g/mol. The molecule has 2 aliphatic heterocycles. The Morgan fingerprint density at radius 3 is 2.74 bits per heavy atom. The van der Waals surface area contributed by atoms with Gasteiger partial charge in [0, 0.05) is 38.3 Å². The molecule has 4 aromatic rings. The maximum absolute atomic E-state index is 12.6. The zero-order valence-electron chi connectivity index (χ0n) is 21.1. The van der Waals surface area contributed by atoms with Gasteiger partial charge in [0.1, 0.15) is 38.0 Å². The third kappa shape index (κ3) is 5.65. The van der Waals surface area contributed by atoms with E-state index in [4.69, 9.17) is 14.2 Å². The Hall–Kier alpha value is -4.59. The Morgan fingerprint density at radius 1 is 1.08 bits per heavy atom. The van der Waals surface area contributed by atoms with Gasteiger partial charge in [0.05, 0.1) is 18.1 Å². The lowest BCUT2D eigenvalue weighted by molar-refractivity contribution is 0.124. The third-order valence-corrected chi connectivity index (χ3v) is 6.72. The minimum absolute atomic E-state index is 0.0124. The van der Waals surface area contributed by atoms with Crippen molar-refractivity contribution in [3.8, 4) is 17.3 Å². The van der Waals surface area contributed by atoms with E-state index in [9.17, 15) is 9.59 Å². The molecule has 0 unspecified atom stereocenters. The van der Waals surface area contributed by atoms with Crippen LogP contribution in [0.1, 0.15) is 18.5 Å². The summed E-state index contributed by atoms with van der Waals surface area (Å²) in [4.78, 5) is 44.3. The van der Waals surface area contributed by atoms with Gasteiger partial charge in [-0.1, -0.05) is 0 Å². The molecule has 39 heavy (non-hydrogen) atoms. The fraction of sp³-hybridized carbons (Fsp3) is 0.400. The van der Waals surface area contributed by atoms with Gasteiger partial charge in [-0.3, -0.25) is 14.3 Å². The number of likely N-dealkylation sites (tertiary alicyclic amines) is 1. The summed E-state index contributed by atoms with van der Waals surface area (Å²) in [6.45, 7) is 3.72. The molecule has 0 atom stereocenters. The summed E-state index contributed by atoms with van der Waals surface area (Å²) in [7, 11) is 0. The number of pyridine rings is 2. The average molecular weight is 534 g/mol. The first-order valence-electron chi connectivity index (χ1n) is 12.7. The largest absolute Gasteiger partial charge is 0.486 e. The highest BCUT2D eigenvalue weighted by atomic mass is 16.6. The number of alkyl carbamates (subject to hydrolysis) is 1. The summed E-state index contributed by atoms with van der Waals surface area (Å²) in [5.74, 6) is 1.76. The molecule has 14 heteroatoms. The molecule has 0 saturated carbocycles. The molecule has 2 aliphatic rings. The molecular formula is C25H27N9O5. The standard InChI is InChI=1S/C25H27N9O5/c35-23-13-28-19-1-2-22(34-16-26-15-29-34)31-24(19)33(23)8-7-32-5-3-17(4-6-32)30-25(36)39-14-18-11-20-21(12-27-18)38-10-9-37-20/h1-2,11-13,15-17H,3-10,14H2,(H,30,36). The van der Waals surface area contributed by atoms with Gasteiger partial charge in [-0.25, -0.2) is 24.4 Å². The fourth-order valence-corrected chi connectivity index (χ4v) is 4.66. The summed E-state index contributed by atoms with van der Waals surface area (Å²) in [5, 5.41) is 7.05. The van der Waals surface area contributed by atoms with Crippen molar-refractivity contribution in [3.05, 3.63) is 59.3 Å². The smallest absolute Gasteiger partial charge is 0.407 e. The van der Waals surface area contributed by atoms with Gasteiger partial charge >= 0.3 is 6.09 Å². The van der Waals surface area contributed by atoms with Gasteiger partial charge in [0.15, 0.2) is 23.0 Å². The summed E-state index contributed by atoms with van der Waals surface area (Å²) in [6, 6.07) is 5.34. The number of fused-ring (bicyclic) bond motifs is 2. The van der Waals surface area contributed by atoms with Crippen LogP contribution < -0.4 is 20.3 Å². The van der Waals surface area contributed by atoms with Crippen molar-refractivity contribution < 1.29 is 19.0 Å². The molecule has 4 aromatic heterocycles. The van der Waals surface area contributed by atoms with Gasteiger partial charge in [-0.15, -0.1) is 0 Å². The molecule has 1 saturated heterocycles. The number of aromatic nitrogens is 7. The zero-order valence-corrected chi connectivity index (χ0v) is 21.1. The molecule has 0 bridgehead atoms. The Bertz CT molecular complexity index is 1520. The van der Waals surface area contributed by atoms with Crippen molar-refractivity contribution in [3.63, 3.8) is 0 Å². The monoisotopic (exact) mass is 533 g/mol. The number of amides is 1. The molecule has 0 radical (unpaired) electrons. The van der Waals surface area contributed by atoms with E-state index < -0.39 is 6.09 Å². The van der Waals surface area contributed by atoms with Gasteiger partial charge in [-0.2, -0.15) is 5.10 Å². The number of nitrogens with one attached hydrogen (secondary N) is 1. The van der Waals surface area contributed by atoms with Crippen molar-refractivity contribution in [2.75, 3.05) is 32.8 Å². The number of nitrogens with zero attached hydrogens (tertiary/aromatic N) is 8. The van der Waals surface area contributed by atoms with Crippen LogP contribution >= 0.6 is 0 Å². The molecule has 202 valence electrons. The lowest BCUT2D eigenvalue weighted by Gasteiger charge is -2.32. The van der Waals surface area contributed by atoms with Crippen LogP contribution in [0.25, 0.3) is 17.0 Å². The number of carbonyl (C=O) groups excluding carboxylic acids is 1. The molecule has 1 amide bonds. The summed E-state index contributed by atoms with van der Waals surface area (Å²) < 4.78 is 19.5. The molecule has 6 heterocycles. The molecule has 6 rings (SSSR count). The second kappa shape index (κ2) is 11.0. The topological polar surface area (TPSA) is 151 Å². The van der Waals surface area contributed by atoms with E-state index in [-0.39, 0.29) is 18.2 Å². The van der Waals surface area contributed by atoms with E-state index in [2.05, 4.69) is 35.3 Å². The molecule has 14 nitrogen and oxygen atoms in total. The predicted octanol–water partition coefficient (Wildman–Crippen LogP) is 0.929. The van der Waals surface area contributed by atoms with Gasteiger partial charge < -0.3 is 24.4 Å². The number of piperidine rings is 1. The van der Waals surface area contributed by atoms with Crippen LogP contribution in [0.15, 0.2) is 48.0 Å². The quantitative estimate of drug-likeness (QED) is 0.361. The summed E-state index contributed by atoms with van der Waals surface area (Å²) in [5.41, 5.74) is 1.51. The van der Waals surface area contributed by atoms with Crippen LogP contribution in [0.4, 0.5) is 4.79 Å². The first kappa shape index (κ1) is 24.7. The van der Waals surface area contributed by atoms with Gasteiger partial charge in [0.2, 0.25) is 0 Å². The highest BCUT2D eigenvalue weighted by molar-refractivity contribution is 5.71. The molecule has 0 aliphatic carbocycles. The van der Waals surface area contributed by atoms with Crippen molar-refractivity contribution in [1.82, 2.24) is 44.5 Å². The van der Waals surface area contributed by atoms with Gasteiger partial charge in [0.25, 0.3) is 5.56 Å². The molecule has 0 aromatic carbocycles. The number of hydrogen-bond donors (Lipinski definition) is 1. The maximum atomic E-state index is 12.6. The number of hydrogen-bond acceptors (Lipinski definition) is 11. The van der Waals surface area contributed by atoms with E-state index >= 15 is 0 Å². The highest BCUT2D eigenvalue weighted by Crippen LogP contribution is 2.29. The Kier molecular flexibility index (Phi) is 6.99. The van der Waals surface area contributed by atoms with E-state index in [0.29, 0.717) is 60.5 Å². The van der Waals surface area contributed by atoms with Gasteiger partial charge in [-0.05, 0) is 25.0 Å². The zero-order chi connectivity index (χ0) is 26.6. The number of ether oxygens (including phenoxy) is 3. The van der Waals surface area contributed by atoms with Crippen molar-refractivity contribution >= 4 is 17.3 Å². The minimum Gasteiger partial charge on any atom is -0.486 e. The average Bonchev–Trinajstić information content (AvgIpc) is 3.51. The van der Waals surface area contributed by atoms with Crippen LogP contribution in [0.2, 0.25) is 0 Å². The van der Waals surface area contributed by atoms with Crippen molar-refractivity contribution in [1.29, 1.82) is 0 Å². The summed E-state index contributed by atoms with van der Waals surface area (Å²) >= 11 is 0. The molecule has 0 spiro atoms. The van der Waals surface area contributed by atoms with Crippen molar-refractivity contribution in [2.45, 2.75) is 32.0 Å². The Labute approximate surface area is 222 Å². The Balaban J connectivity index is 0.996. The SMILES string of the molecule is O=C(NC1CCN(CCn2c(=O)cnc3ccc(-n4cncn4)nc32)CC1)OCc1cc2c(cn1)OCCO2. The predicted molar refractivity (Wildman–Crippen MR) is 137 cm³/mol. The molecule has 1 fully saturated rings. The van der Waals surface area contributed by atoms with E-state index in [1.807, 2.05) is 6.07 Å². The second-order valence-corrected chi connectivity index (χ2v) is 9.26. The Morgan fingerprint density at radius 2 is 1.92 bits per heavy atom. The lowest BCUT2D eigenvalue weighted by atomic mass is 10.1. The fourth-order valence-electron chi connectivity index (χ4n) is 4.66.